The van der Waals surface area contributed by atoms with E-state index in [2.05, 4.69) is 0 Å². The SMILES string of the molecule is [O]Cc1ccc([SH](=O)=O)cc1. The van der Waals surface area contributed by atoms with Crippen LogP contribution in [0.5, 0.6) is 0 Å². The summed E-state index contributed by atoms with van der Waals surface area (Å²) in [5.74, 6) is 0. The zero-order chi connectivity index (χ0) is 8.27. The Hall–Kier alpha value is -0.870. The van der Waals surface area contributed by atoms with Gasteiger partial charge in [0.05, 0.1) is 4.90 Å². The van der Waals surface area contributed by atoms with Crippen molar-refractivity contribution in [3.8, 4) is 0 Å². The molecule has 0 bridgehead atoms. The van der Waals surface area contributed by atoms with Crippen molar-refractivity contribution in [3.05, 3.63) is 29.8 Å². The third kappa shape index (κ3) is 2.03. The molecule has 0 aromatic heterocycles. The van der Waals surface area contributed by atoms with Crippen LogP contribution in [-0.4, -0.2) is 8.42 Å². The Morgan fingerprint density at radius 2 is 1.64 bits per heavy atom. The minimum Gasteiger partial charge on any atom is -0.232 e. The van der Waals surface area contributed by atoms with Gasteiger partial charge in [0.2, 0.25) is 0 Å². The van der Waals surface area contributed by atoms with Crippen molar-refractivity contribution in [2.75, 3.05) is 0 Å². The van der Waals surface area contributed by atoms with Gasteiger partial charge in [-0.2, -0.15) is 0 Å². The summed E-state index contributed by atoms with van der Waals surface area (Å²) in [7, 11) is -2.52. The lowest BCUT2D eigenvalue weighted by atomic mass is 10.2. The molecule has 4 heteroatoms. The summed E-state index contributed by atoms with van der Waals surface area (Å²) in [5.41, 5.74) is 0.602. The molecule has 0 amide bonds. The van der Waals surface area contributed by atoms with Gasteiger partial charge < -0.3 is 0 Å². The van der Waals surface area contributed by atoms with E-state index in [0.29, 0.717) is 5.56 Å². The van der Waals surface area contributed by atoms with Gasteiger partial charge in [0.25, 0.3) is 0 Å². The molecule has 0 saturated carbocycles. The predicted molar refractivity (Wildman–Crippen MR) is 39.4 cm³/mol. The molecule has 0 spiro atoms. The molecule has 3 nitrogen and oxygen atoms in total. The van der Waals surface area contributed by atoms with E-state index >= 15 is 0 Å². The predicted octanol–water partition coefficient (Wildman–Crippen LogP) is 0.587. The van der Waals surface area contributed by atoms with Crippen molar-refractivity contribution in [2.45, 2.75) is 11.5 Å². The smallest absolute Gasteiger partial charge is 0.168 e. The van der Waals surface area contributed by atoms with Gasteiger partial charge in [0.15, 0.2) is 10.7 Å². The first kappa shape index (κ1) is 8.23. The lowest BCUT2D eigenvalue weighted by Crippen LogP contribution is -1.83. The Kier molecular flexibility index (Phi) is 2.62. The highest BCUT2D eigenvalue weighted by molar-refractivity contribution is 7.72. The van der Waals surface area contributed by atoms with E-state index < -0.39 is 10.7 Å². The first-order valence-corrected chi connectivity index (χ1v) is 4.23. The van der Waals surface area contributed by atoms with E-state index in [4.69, 9.17) is 0 Å². The van der Waals surface area contributed by atoms with Gasteiger partial charge >= 0.3 is 0 Å². The summed E-state index contributed by atoms with van der Waals surface area (Å²) >= 11 is 0. The maximum atomic E-state index is 10.4. The lowest BCUT2D eigenvalue weighted by molar-refractivity contribution is 0.177. The van der Waals surface area contributed by atoms with Gasteiger partial charge in [0, 0.05) is 0 Å². The van der Waals surface area contributed by atoms with Crippen LogP contribution >= 0.6 is 0 Å². The van der Waals surface area contributed by atoms with Crippen molar-refractivity contribution in [1.29, 1.82) is 0 Å². The maximum Gasteiger partial charge on any atom is 0.168 e. The Bertz CT molecular complexity index is 292. The number of thiol groups is 1. The fourth-order valence-electron chi connectivity index (χ4n) is 0.714. The second-order valence-corrected chi connectivity index (χ2v) is 3.10. The van der Waals surface area contributed by atoms with E-state index in [1.165, 1.54) is 24.3 Å². The lowest BCUT2D eigenvalue weighted by Gasteiger charge is -1.92. The molecular weight excluding hydrogens is 164 g/mol. The highest BCUT2D eigenvalue weighted by atomic mass is 32.2. The van der Waals surface area contributed by atoms with Gasteiger partial charge in [-0.25, -0.2) is 13.5 Å². The minimum absolute atomic E-state index is 0.247. The van der Waals surface area contributed by atoms with Gasteiger partial charge in [-0.1, -0.05) is 12.1 Å². The van der Waals surface area contributed by atoms with E-state index in [-0.39, 0.29) is 11.5 Å². The Morgan fingerprint density at radius 1 is 1.09 bits per heavy atom. The van der Waals surface area contributed by atoms with Crippen molar-refractivity contribution >= 4 is 10.7 Å². The van der Waals surface area contributed by atoms with Crippen LogP contribution in [0.1, 0.15) is 5.56 Å². The molecule has 1 rings (SSSR count). The van der Waals surface area contributed by atoms with Crippen molar-refractivity contribution in [2.24, 2.45) is 0 Å². The van der Waals surface area contributed by atoms with Crippen molar-refractivity contribution < 1.29 is 13.5 Å². The standard InChI is InChI=1S/C7H7O3S/c8-5-6-1-3-7(4-2-6)11(9)10/h1-4,11H,5H2. The molecule has 1 radical (unpaired) electrons. The molecule has 0 fully saturated rings. The summed E-state index contributed by atoms with van der Waals surface area (Å²) in [4.78, 5) is 0.247. The fraction of sp³-hybridized carbons (Fsp3) is 0.143. The van der Waals surface area contributed by atoms with Crippen LogP contribution in [-0.2, 0) is 22.4 Å². The number of hydrogen-bond donors (Lipinski definition) is 1. The molecule has 0 unspecified atom stereocenters. The minimum atomic E-state index is -2.52. The highest BCUT2D eigenvalue weighted by Crippen LogP contribution is 2.04. The molecule has 0 saturated heterocycles. The molecule has 1 aromatic rings. The van der Waals surface area contributed by atoms with Crippen LogP contribution in [0.4, 0.5) is 0 Å². The van der Waals surface area contributed by atoms with Crippen LogP contribution < -0.4 is 0 Å². The summed E-state index contributed by atoms with van der Waals surface area (Å²) in [6, 6.07) is 5.90. The number of rotatable bonds is 2. The van der Waals surface area contributed by atoms with Crippen molar-refractivity contribution in [3.63, 3.8) is 0 Å². The van der Waals surface area contributed by atoms with Crippen LogP contribution in [0, 0.1) is 0 Å². The Morgan fingerprint density at radius 3 is 2.00 bits per heavy atom. The second kappa shape index (κ2) is 3.50. The molecule has 0 aliphatic carbocycles. The van der Waals surface area contributed by atoms with E-state index in [1.807, 2.05) is 0 Å². The maximum absolute atomic E-state index is 10.4. The summed E-state index contributed by atoms with van der Waals surface area (Å²) in [6.07, 6.45) is 0. The van der Waals surface area contributed by atoms with Crippen molar-refractivity contribution in [1.82, 2.24) is 0 Å². The van der Waals surface area contributed by atoms with E-state index in [1.54, 1.807) is 0 Å². The first-order chi connectivity index (χ1) is 5.24. The third-order valence-electron chi connectivity index (χ3n) is 1.31. The van der Waals surface area contributed by atoms with Crippen LogP contribution in [0.3, 0.4) is 0 Å². The third-order valence-corrected chi connectivity index (χ3v) is 2.03. The first-order valence-electron chi connectivity index (χ1n) is 3.05. The number of benzene rings is 1. The average molecular weight is 171 g/mol. The van der Waals surface area contributed by atoms with Crippen LogP contribution in [0.15, 0.2) is 29.2 Å². The zero-order valence-corrected chi connectivity index (χ0v) is 6.58. The van der Waals surface area contributed by atoms with Gasteiger partial charge in [-0.15, -0.1) is 0 Å². The quantitative estimate of drug-likeness (QED) is 0.662. The highest BCUT2D eigenvalue weighted by Gasteiger charge is 1.94. The summed E-state index contributed by atoms with van der Waals surface area (Å²) in [5, 5.41) is 10.3. The topological polar surface area (TPSA) is 54.0 Å². The van der Waals surface area contributed by atoms with Crippen LogP contribution in [0.25, 0.3) is 0 Å². The Balaban J connectivity index is 3.01. The Labute approximate surface area is 66.2 Å². The molecule has 0 aliphatic rings. The molecule has 0 N–H and O–H groups in total. The molecule has 0 aliphatic heterocycles. The zero-order valence-electron chi connectivity index (χ0n) is 5.69. The molecule has 0 heterocycles. The van der Waals surface area contributed by atoms with E-state index in [0.717, 1.165) is 0 Å². The summed E-state index contributed by atoms with van der Waals surface area (Å²) < 4.78 is 20.7. The van der Waals surface area contributed by atoms with Gasteiger partial charge in [0.1, 0.15) is 6.61 Å². The van der Waals surface area contributed by atoms with Crippen LogP contribution in [0.2, 0.25) is 0 Å². The monoisotopic (exact) mass is 171 g/mol. The molecule has 59 valence electrons. The number of hydrogen-bond acceptors (Lipinski definition) is 2. The van der Waals surface area contributed by atoms with Gasteiger partial charge in [-0.3, -0.25) is 0 Å². The average Bonchev–Trinajstić information content (AvgIpc) is 2.05. The van der Waals surface area contributed by atoms with Gasteiger partial charge in [-0.05, 0) is 17.7 Å². The second-order valence-electron chi connectivity index (χ2n) is 2.07. The summed E-state index contributed by atoms with van der Waals surface area (Å²) in [6.45, 7) is -0.310. The molecule has 0 atom stereocenters. The molecule has 11 heavy (non-hydrogen) atoms. The largest absolute Gasteiger partial charge is 0.232 e. The van der Waals surface area contributed by atoms with E-state index in [9.17, 15) is 13.5 Å². The molecule has 1 aromatic carbocycles. The fourth-order valence-corrected chi connectivity index (χ4v) is 1.11. The molecular formula is C7H7O3S. The normalized spacial score (nSPS) is 10.4.